The maximum absolute atomic E-state index is 13.5. The van der Waals surface area contributed by atoms with Gasteiger partial charge in [-0.1, -0.05) is 61.2 Å². The highest BCUT2D eigenvalue weighted by Crippen LogP contribution is 2.43. The van der Waals surface area contributed by atoms with E-state index in [2.05, 4.69) is 5.32 Å². The van der Waals surface area contributed by atoms with E-state index in [0.717, 1.165) is 22.4 Å². The Bertz CT molecular complexity index is 1190. The van der Waals surface area contributed by atoms with Crippen LogP contribution in [0.25, 0.3) is 6.08 Å². The topological polar surface area (TPSA) is 49.4 Å². The first-order chi connectivity index (χ1) is 15.9. The van der Waals surface area contributed by atoms with Gasteiger partial charge in [0.2, 0.25) is 0 Å². The van der Waals surface area contributed by atoms with Crippen molar-refractivity contribution in [1.29, 1.82) is 0 Å². The quantitative estimate of drug-likeness (QED) is 0.457. The van der Waals surface area contributed by atoms with E-state index in [4.69, 9.17) is 0 Å². The first-order valence-electron chi connectivity index (χ1n) is 10.9. The number of nitrogens with one attached hydrogen (secondary N) is 1. The molecule has 0 aliphatic carbocycles. The van der Waals surface area contributed by atoms with Crippen molar-refractivity contribution >= 4 is 35.3 Å². The van der Waals surface area contributed by atoms with Crippen LogP contribution in [-0.2, 0) is 11.3 Å². The van der Waals surface area contributed by atoms with Gasteiger partial charge in [0.15, 0.2) is 0 Å². The normalized spacial score (nSPS) is 15.3. The lowest BCUT2D eigenvalue weighted by Crippen LogP contribution is -2.35. The lowest BCUT2D eigenvalue weighted by molar-refractivity contribution is -0.114. The lowest BCUT2D eigenvalue weighted by atomic mass is 10.1. The molecule has 4 nitrogen and oxygen atoms in total. The van der Waals surface area contributed by atoms with E-state index in [1.165, 1.54) is 23.9 Å². The molecule has 0 spiro atoms. The summed E-state index contributed by atoms with van der Waals surface area (Å²) >= 11 is 1.39. The SMILES string of the molecule is CCC(C)NC(=O)c1ccc2c(c1)N(Cc1ccc(F)cc1)C(=O)/C(=C/c1ccccc1)S2. The van der Waals surface area contributed by atoms with Crippen LogP contribution in [0.1, 0.15) is 41.8 Å². The van der Waals surface area contributed by atoms with E-state index >= 15 is 0 Å². The van der Waals surface area contributed by atoms with Gasteiger partial charge in [-0.15, -0.1) is 0 Å². The van der Waals surface area contributed by atoms with Gasteiger partial charge in [-0.3, -0.25) is 9.59 Å². The monoisotopic (exact) mass is 460 g/mol. The summed E-state index contributed by atoms with van der Waals surface area (Å²) in [7, 11) is 0. The molecule has 1 heterocycles. The van der Waals surface area contributed by atoms with Crippen molar-refractivity contribution in [2.45, 2.75) is 37.8 Å². The minimum atomic E-state index is -0.326. The van der Waals surface area contributed by atoms with E-state index < -0.39 is 0 Å². The van der Waals surface area contributed by atoms with Crippen LogP contribution < -0.4 is 10.2 Å². The van der Waals surface area contributed by atoms with Gasteiger partial charge in [-0.25, -0.2) is 4.39 Å². The van der Waals surface area contributed by atoms with E-state index in [1.54, 1.807) is 29.2 Å². The number of amides is 2. The second kappa shape index (κ2) is 10.0. The Morgan fingerprint density at radius 1 is 1.09 bits per heavy atom. The summed E-state index contributed by atoms with van der Waals surface area (Å²) in [5, 5.41) is 2.97. The summed E-state index contributed by atoms with van der Waals surface area (Å²) in [6, 6.07) is 21.3. The van der Waals surface area contributed by atoms with Crippen molar-refractivity contribution < 1.29 is 14.0 Å². The second-order valence-corrected chi connectivity index (χ2v) is 9.09. The molecule has 3 aromatic carbocycles. The fraction of sp³-hybridized carbons (Fsp3) is 0.185. The number of rotatable bonds is 6. The number of carbonyl (C=O) groups excluding carboxylic acids is 2. The molecule has 0 radical (unpaired) electrons. The molecular weight excluding hydrogens is 435 g/mol. The molecule has 4 rings (SSSR count). The van der Waals surface area contributed by atoms with Crippen molar-refractivity contribution in [3.8, 4) is 0 Å². The van der Waals surface area contributed by atoms with Crippen molar-refractivity contribution in [2.75, 3.05) is 4.90 Å². The standard InChI is InChI=1S/C27H25FN2O2S/c1-3-18(2)29-26(31)21-11-14-24-23(16-21)30(17-20-9-12-22(28)13-10-20)27(32)25(33-24)15-19-7-5-4-6-8-19/h4-16,18H,3,17H2,1-2H3,(H,29,31)/b25-15-. The van der Waals surface area contributed by atoms with Crippen LogP contribution in [0.5, 0.6) is 0 Å². The number of benzene rings is 3. The summed E-state index contributed by atoms with van der Waals surface area (Å²) in [5.41, 5.74) is 2.91. The third-order valence-corrected chi connectivity index (χ3v) is 6.61. The summed E-state index contributed by atoms with van der Waals surface area (Å²) in [5.74, 6) is -0.648. The Morgan fingerprint density at radius 3 is 2.52 bits per heavy atom. The van der Waals surface area contributed by atoms with Crippen LogP contribution in [0.4, 0.5) is 10.1 Å². The van der Waals surface area contributed by atoms with Crippen LogP contribution in [0.3, 0.4) is 0 Å². The minimum absolute atomic E-state index is 0.0558. The predicted octanol–water partition coefficient (Wildman–Crippen LogP) is 6.03. The third kappa shape index (κ3) is 5.34. The van der Waals surface area contributed by atoms with Crippen molar-refractivity contribution in [3.05, 3.63) is 100 Å². The van der Waals surface area contributed by atoms with Crippen molar-refractivity contribution in [3.63, 3.8) is 0 Å². The molecular formula is C27H25FN2O2S. The molecule has 0 aromatic heterocycles. The number of carbonyl (C=O) groups is 2. The van der Waals surface area contributed by atoms with Gasteiger partial charge in [-0.2, -0.15) is 0 Å². The van der Waals surface area contributed by atoms with Gasteiger partial charge in [0.05, 0.1) is 17.1 Å². The molecule has 6 heteroatoms. The molecule has 1 N–H and O–H groups in total. The number of nitrogens with zero attached hydrogens (tertiary/aromatic N) is 1. The second-order valence-electron chi connectivity index (χ2n) is 8.00. The van der Waals surface area contributed by atoms with Crippen LogP contribution in [0.2, 0.25) is 0 Å². The molecule has 0 fully saturated rings. The Kier molecular flexibility index (Phi) is 6.94. The smallest absolute Gasteiger partial charge is 0.265 e. The number of halogens is 1. The van der Waals surface area contributed by atoms with Crippen molar-refractivity contribution in [1.82, 2.24) is 5.32 Å². The third-order valence-electron chi connectivity index (χ3n) is 5.53. The minimum Gasteiger partial charge on any atom is -0.350 e. The van der Waals surface area contributed by atoms with Gasteiger partial charge in [0, 0.05) is 16.5 Å². The highest BCUT2D eigenvalue weighted by molar-refractivity contribution is 8.04. The fourth-order valence-corrected chi connectivity index (χ4v) is 4.53. The predicted molar refractivity (Wildman–Crippen MR) is 132 cm³/mol. The number of hydrogen-bond acceptors (Lipinski definition) is 3. The zero-order valence-electron chi connectivity index (χ0n) is 18.5. The maximum atomic E-state index is 13.5. The van der Waals surface area contributed by atoms with Gasteiger partial charge in [-0.05, 0) is 60.9 Å². The first kappa shape index (κ1) is 22.8. The molecule has 33 heavy (non-hydrogen) atoms. The molecule has 0 bridgehead atoms. The number of thioether (sulfide) groups is 1. The number of hydrogen-bond donors (Lipinski definition) is 1. The zero-order chi connectivity index (χ0) is 23.4. The Balaban J connectivity index is 1.73. The first-order valence-corrected chi connectivity index (χ1v) is 11.7. The fourth-order valence-electron chi connectivity index (χ4n) is 3.49. The zero-order valence-corrected chi connectivity index (χ0v) is 19.4. The highest BCUT2D eigenvalue weighted by Gasteiger charge is 2.30. The van der Waals surface area contributed by atoms with E-state index in [0.29, 0.717) is 16.2 Å². The van der Waals surface area contributed by atoms with Gasteiger partial charge in [0.25, 0.3) is 11.8 Å². The Hall–Kier alpha value is -3.38. The molecule has 168 valence electrons. The molecule has 0 saturated carbocycles. The Labute approximate surface area is 197 Å². The van der Waals surface area contributed by atoms with E-state index in [9.17, 15) is 14.0 Å². The maximum Gasteiger partial charge on any atom is 0.265 e. The lowest BCUT2D eigenvalue weighted by Gasteiger charge is -2.31. The molecule has 1 atom stereocenters. The van der Waals surface area contributed by atoms with Gasteiger partial charge < -0.3 is 10.2 Å². The van der Waals surface area contributed by atoms with Gasteiger partial charge in [0.1, 0.15) is 5.82 Å². The molecule has 0 saturated heterocycles. The van der Waals surface area contributed by atoms with Crippen LogP contribution in [-0.4, -0.2) is 17.9 Å². The largest absolute Gasteiger partial charge is 0.350 e. The van der Waals surface area contributed by atoms with Crippen LogP contribution in [0, 0.1) is 5.82 Å². The summed E-state index contributed by atoms with van der Waals surface area (Å²) < 4.78 is 13.4. The summed E-state index contributed by atoms with van der Waals surface area (Å²) in [6.45, 7) is 4.24. The summed E-state index contributed by atoms with van der Waals surface area (Å²) in [6.07, 6.45) is 2.70. The van der Waals surface area contributed by atoms with Crippen LogP contribution >= 0.6 is 11.8 Å². The highest BCUT2D eigenvalue weighted by atomic mass is 32.2. The molecule has 3 aromatic rings. The average Bonchev–Trinajstić information content (AvgIpc) is 2.83. The molecule has 1 unspecified atom stereocenters. The molecule has 1 aliphatic rings. The number of fused-ring (bicyclic) bond motifs is 1. The summed E-state index contributed by atoms with van der Waals surface area (Å²) in [4.78, 5) is 29.4. The van der Waals surface area contributed by atoms with E-state index in [1.807, 2.05) is 56.3 Å². The average molecular weight is 461 g/mol. The van der Waals surface area contributed by atoms with Gasteiger partial charge >= 0.3 is 0 Å². The Morgan fingerprint density at radius 2 is 1.82 bits per heavy atom. The molecule has 1 aliphatic heterocycles. The van der Waals surface area contributed by atoms with E-state index in [-0.39, 0.29) is 30.2 Å². The number of anilines is 1. The van der Waals surface area contributed by atoms with Crippen molar-refractivity contribution in [2.24, 2.45) is 0 Å². The van der Waals surface area contributed by atoms with Crippen LogP contribution in [0.15, 0.2) is 82.6 Å². The molecule has 2 amide bonds.